The normalized spacial score (nSPS) is 17.1. The summed E-state index contributed by atoms with van der Waals surface area (Å²) in [5, 5.41) is 8.61. The second-order valence-corrected chi connectivity index (χ2v) is 4.96. The summed E-state index contributed by atoms with van der Waals surface area (Å²) in [5.74, 6) is 0.653. The lowest BCUT2D eigenvalue weighted by molar-refractivity contribution is 0.189. The highest BCUT2D eigenvalue weighted by Gasteiger charge is 2.26. The quantitative estimate of drug-likeness (QED) is 0.821. The zero-order chi connectivity index (χ0) is 10.8. The van der Waals surface area contributed by atoms with Crippen LogP contribution < -0.4 is 0 Å². The van der Waals surface area contributed by atoms with Gasteiger partial charge < -0.3 is 4.90 Å². The van der Waals surface area contributed by atoms with Gasteiger partial charge in [0.1, 0.15) is 0 Å². The van der Waals surface area contributed by atoms with E-state index in [0.717, 1.165) is 23.1 Å². The Morgan fingerprint density at radius 1 is 1.53 bits per heavy atom. The van der Waals surface area contributed by atoms with Gasteiger partial charge in [0.15, 0.2) is 0 Å². The van der Waals surface area contributed by atoms with E-state index in [0.29, 0.717) is 12.3 Å². The fourth-order valence-corrected chi connectivity index (χ4v) is 2.75. The highest BCUT2D eigenvalue weighted by atomic mass is 79.9. The van der Waals surface area contributed by atoms with E-state index in [1.807, 2.05) is 0 Å². The lowest BCUT2D eigenvalue weighted by Gasteiger charge is -2.37. The van der Waals surface area contributed by atoms with Crippen molar-refractivity contribution in [2.24, 2.45) is 0 Å². The van der Waals surface area contributed by atoms with Crippen LogP contribution in [0.5, 0.6) is 0 Å². The number of nitrogens with zero attached hydrogens (tertiary/aromatic N) is 2. The van der Waals surface area contributed by atoms with Crippen LogP contribution in [0.15, 0.2) is 22.7 Å². The highest BCUT2D eigenvalue weighted by Crippen LogP contribution is 2.31. The molecular formula is C12H13BrN2. The van der Waals surface area contributed by atoms with Crippen molar-refractivity contribution in [3.63, 3.8) is 0 Å². The van der Waals surface area contributed by atoms with Gasteiger partial charge in [-0.1, -0.05) is 28.1 Å². The maximum atomic E-state index is 8.61. The minimum Gasteiger partial charge on any atom is -0.305 e. The summed E-state index contributed by atoms with van der Waals surface area (Å²) in [7, 11) is 2.13. The van der Waals surface area contributed by atoms with Gasteiger partial charge >= 0.3 is 0 Å². The number of halogens is 1. The summed E-state index contributed by atoms with van der Waals surface area (Å²) in [4.78, 5) is 2.31. The first-order chi connectivity index (χ1) is 7.20. The average molecular weight is 265 g/mol. The second-order valence-electron chi connectivity index (χ2n) is 4.11. The molecule has 0 N–H and O–H groups in total. The number of rotatable bonds is 2. The molecule has 0 spiro atoms. The molecule has 1 aromatic rings. The number of hydrogen-bond donors (Lipinski definition) is 0. The number of benzene rings is 1. The third kappa shape index (κ3) is 2.22. The molecule has 1 heterocycles. The molecule has 0 bridgehead atoms. The third-order valence-electron chi connectivity index (χ3n) is 2.85. The molecule has 1 aromatic carbocycles. The van der Waals surface area contributed by atoms with Gasteiger partial charge in [0.2, 0.25) is 0 Å². The van der Waals surface area contributed by atoms with Crippen LogP contribution in [0.3, 0.4) is 0 Å². The van der Waals surface area contributed by atoms with E-state index in [-0.39, 0.29) is 0 Å². The molecule has 15 heavy (non-hydrogen) atoms. The van der Waals surface area contributed by atoms with Crippen LogP contribution in [0.25, 0.3) is 0 Å². The molecular weight excluding hydrogens is 252 g/mol. The van der Waals surface area contributed by atoms with Gasteiger partial charge in [0, 0.05) is 23.5 Å². The van der Waals surface area contributed by atoms with Crippen molar-refractivity contribution >= 4 is 15.9 Å². The van der Waals surface area contributed by atoms with Gasteiger partial charge in [-0.3, -0.25) is 0 Å². The Morgan fingerprint density at radius 3 is 2.80 bits per heavy atom. The molecule has 0 atom stereocenters. The first-order valence-electron chi connectivity index (χ1n) is 5.04. The number of hydrogen-bond acceptors (Lipinski definition) is 2. The van der Waals surface area contributed by atoms with E-state index in [9.17, 15) is 0 Å². The molecule has 1 fully saturated rings. The summed E-state index contributed by atoms with van der Waals surface area (Å²) < 4.78 is 1.15. The van der Waals surface area contributed by atoms with Crippen LogP contribution in [-0.2, 0) is 6.42 Å². The zero-order valence-electron chi connectivity index (χ0n) is 8.70. The van der Waals surface area contributed by atoms with Gasteiger partial charge in [-0.05, 0) is 24.2 Å². The molecule has 0 aromatic heterocycles. The van der Waals surface area contributed by atoms with Gasteiger partial charge in [-0.15, -0.1) is 0 Å². The third-order valence-corrected chi connectivity index (χ3v) is 3.54. The Labute approximate surface area is 98.6 Å². The van der Waals surface area contributed by atoms with Crippen molar-refractivity contribution in [1.29, 1.82) is 5.26 Å². The summed E-state index contributed by atoms with van der Waals surface area (Å²) in [6.45, 7) is 2.27. The maximum absolute atomic E-state index is 8.61. The van der Waals surface area contributed by atoms with Gasteiger partial charge in [-0.25, -0.2) is 0 Å². The monoisotopic (exact) mass is 264 g/mol. The van der Waals surface area contributed by atoms with Crippen LogP contribution in [-0.4, -0.2) is 25.0 Å². The molecule has 78 valence electrons. The fraction of sp³-hybridized carbons (Fsp3) is 0.417. The summed E-state index contributed by atoms with van der Waals surface area (Å²) in [5.41, 5.74) is 2.45. The molecule has 0 unspecified atom stereocenters. The molecule has 0 amide bonds. The molecule has 1 aliphatic heterocycles. The standard InChI is InChI=1S/C12H13BrN2/c1-15-7-10(8-15)11-3-2-9(4-5-14)6-12(11)13/h2-3,6,10H,4,7-8H2,1H3. The van der Waals surface area contributed by atoms with Crippen molar-refractivity contribution in [3.8, 4) is 6.07 Å². The van der Waals surface area contributed by atoms with Gasteiger partial charge in [0.05, 0.1) is 12.5 Å². The molecule has 2 nitrogen and oxygen atoms in total. The fourth-order valence-electron chi connectivity index (χ4n) is 2.00. The van der Waals surface area contributed by atoms with E-state index in [4.69, 9.17) is 5.26 Å². The minimum atomic E-state index is 0.490. The van der Waals surface area contributed by atoms with Crippen LogP contribution in [0, 0.1) is 11.3 Å². The zero-order valence-corrected chi connectivity index (χ0v) is 10.3. The Kier molecular flexibility index (Phi) is 3.08. The van der Waals surface area contributed by atoms with Crippen LogP contribution >= 0.6 is 15.9 Å². The van der Waals surface area contributed by atoms with Crippen LogP contribution in [0.4, 0.5) is 0 Å². The van der Waals surface area contributed by atoms with Gasteiger partial charge in [0.25, 0.3) is 0 Å². The Bertz CT molecular complexity index is 403. The van der Waals surface area contributed by atoms with E-state index in [1.54, 1.807) is 0 Å². The summed E-state index contributed by atoms with van der Waals surface area (Å²) >= 11 is 3.58. The Morgan fingerprint density at radius 2 is 2.27 bits per heavy atom. The van der Waals surface area contributed by atoms with Crippen LogP contribution in [0.1, 0.15) is 17.0 Å². The molecule has 0 radical (unpaired) electrons. The van der Waals surface area contributed by atoms with E-state index >= 15 is 0 Å². The first-order valence-corrected chi connectivity index (χ1v) is 5.84. The van der Waals surface area contributed by atoms with Gasteiger partial charge in [-0.2, -0.15) is 5.26 Å². The summed E-state index contributed by atoms with van der Waals surface area (Å²) in [6.07, 6.45) is 0.490. The second kappa shape index (κ2) is 4.34. The molecule has 1 aliphatic rings. The van der Waals surface area contributed by atoms with Crippen LogP contribution in [0.2, 0.25) is 0 Å². The predicted molar refractivity (Wildman–Crippen MR) is 63.7 cm³/mol. The van der Waals surface area contributed by atoms with E-state index in [2.05, 4.69) is 52.1 Å². The highest BCUT2D eigenvalue weighted by molar-refractivity contribution is 9.10. The lowest BCUT2D eigenvalue weighted by atomic mass is 9.91. The maximum Gasteiger partial charge on any atom is 0.0669 e. The number of likely N-dealkylation sites (tertiary alicyclic amines) is 1. The predicted octanol–water partition coefficient (Wildman–Crippen LogP) is 2.54. The topological polar surface area (TPSA) is 27.0 Å². The molecule has 3 heteroatoms. The lowest BCUT2D eigenvalue weighted by Crippen LogP contribution is -2.41. The van der Waals surface area contributed by atoms with Crippen molar-refractivity contribution in [3.05, 3.63) is 33.8 Å². The van der Waals surface area contributed by atoms with Crippen molar-refractivity contribution in [2.75, 3.05) is 20.1 Å². The molecule has 2 rings (SSSR count). The van der Waals surface area contributed by atoms with E-state index in [1.165, 1.54) is 5.56 Å². The minimum absolute atomic E-state index is 0.490. The largest absolute Gasteiger partial charge is 0.305 e. The SMILES string of the molecule is CN1CC(c2ccc(CC#N)cc2Br)C1. The first kappa shape index (κ1) is 10.7. The smallest absolute Gasteiger partial charge is 0.0669 e. The molecule has 0 saturated carbocycles. The van der Waals surface area contributed by atoms with Crippen molar-refractivity contribution in [1.82, 2.24) is 4.90 Å². The Balaban J connectivity index is 2.17. The Hall–Kier alpha value is -0.850. The average Bonchev–Trinajstić information content (AvgIpc) is 2.15. The van der Waals surface area contributed by atoms with Crippen molar-refractivity contribution < 1.29 is 0 Å². The van der Waals surface area contributed by atoms with E-state index < -0.39 is 0 Å². The van der Waals surface area contributed by atoms with Crippen molar-refractivity contribution in [2.45, 2.75) is 12.3 Å². The number of likely N-dealkylation sites (N-methyl/N-ethyl adjacent to an activating group) is 1. The molecule has 1 saturated heterocycles. The number of nitriles is 1. The molecule has 0 aliphatic carbocycles. The summed E-state index contributed by atoms with van der Waals surface area (Å²) in [6, 6.07) is 8.44.